The van der Waals surface area contributed by atoms with E-state index in [4.69, 9.17) is 0 Å². The first kappa shape index (κ1) is 14.2. The summed E-state index contributed by atoms with van der Waals surface area (Å²) in [4.78, 5) is 11.3. The van der Waals surface area contributed by atoms with Crippen molar-refractivity contribution >= 4 is 17.4 Å². The van der Waals surface area contributed by atoms with Gasteiger partial charge in [0.05, 0.1) is 0 Å². The summed E-state index contributed by atoms with van der Waals surface area (Å²) in [7, 11) is 0. The first-order chi connectivity index (χ1) is 9.51. The van der Waals surface area contributed by atoms with E-state index in [1.165, 1.54) is 0 Å². The second-order valence-corrected chi connectivity index (χ2v) is 5.12. The minimum Gasteiger partial charge on any atom is -0.480 e. The summed E-state index contributed by atoms with van der Waals surface area (Å²) in [5.74, 6) is 0.674. The summed E-state index contributed by atoms with van der Waals surface area (Å²) >= 11 is 0. The zero-order chi connectivity index (χ0) is 14.7. The minimum absolute atomic E-state index is 0.286. The number of anilines is 1. The number of fused-ring (bicyclic) bond motifs is 1. The number of aromatic nitrogens is 4. The van der Waals surface area contributed by atoms with Gasteiger partial charge in [0.15, 0.2) is 11.5 Å². The van der Waals surface area contributed by atoms with Crippen molar-refractivity contribution in [3.63, 3.8) is 0 Å². The zero-order valence-corrected chi connectivity index (χ0v) is 11.9. The van der Waals surface area contributed by atoms with Crippen LogP contribution >= 0.6 is 0 Å². The monoisotopic (exact) mass is 277 g/mol. The molecule has 2 heterocycles. The minimum atomic E-state index is -0.875. The summed E-state index contributed by atoms with van der Waals surface area (Å²) in [5, 5.41) is 24.6. The maximum absolute atomic E-state index is 11.3. The van der Waals surface area contributed by atoms with Crippen LogP contribution in [0.2, 0.25) is 0 Å². The summed E-state index contributed by atoms with van der Waals surface area (Å²) < 4.78 is 1.64. The number of aliphatic carboxylic acids is 1. The van der Waals surface area contributed by atoms with Gasteiger partial charge in [-0.25, -0.2) is 4.79 Å². The predicted octanol–water partition coefficient (Wildman–Crippen LogP) is 1.60. The van der Waals surface area contributed by atoms with Crippen molar-refractivity contribution in [2.45, 2.75) is 39.7 Å². The van der Waals surface area contributed by atoms with E-state index in [-0.39, 0.29) is 5.92 Å². The standard InChI is InChI=1S/C13H19N5O2/c1-4-11-15-16-12-6-5-10(17-18(11)12)14-9(13(19)20)7-8(2)3/h5-6,8-9H,4,7H2,1-3H3,(H,14,17)(H,19,20)/t9-/m0/s1. The molecule has 108 valence electrons. The van der Waals surface area contributed by atoms with Crippen LogP contribution in [-0.2, 0) is 11.2 Å². The van der Waals surface area contributed by atoms with Gasteiger partial charge in [-0.2, -0.15) is 4.52 Å². The Morgan fingerprint density at radius 3 is 2.75 bits per heavy atom. The van der Waals surface area contributed by atoms with Crippen LogP contribution in [0, 0.1) is 5.92 Å². The van der Waals surface area contributed by atoms with Gasteiger partial charge in [0.2, 0.25) is 0 Å². The molecule has 0 aliphatic carbocycles. The molecule has 20 heavy (non-hydrogen) atoms. The van der Waals surface area contributed by atoms with Crippen molar-refractivity contribution in [1.82, 2.24) is 19.8 Å². The third-order valence-electron chi connectivity index (χ3n) is 2.97. The van der Waals surface area contributed by atoms with E-state index < -0.39 is 12.0 Å². The lowest BCUT2D eigenvalue weighted by atomic mass is 10.0. The molecule has 0 radical (unpaired) electrons. The quantitative estimate of drug-likeness (QED) is 0.833. The average molecular weight is 277 g/mol. The lowest BCUT2D eigenvalue weighted by molar-refractivity contribution is -0.138. The number of nitrogens with one attached hydrogen (secondary N) is 1. The third kappa shape index (κ3) is 3.04. The van der Waals surface area contributed by atoms with Crippen LogP contribution in [0.25, 0.3) is 5.65 Å². The molecule has 0 aromatic carbocycles. The Bertz CT molecular complexity index is 608. The van der Waals surface area contributed by atoms with Gasteiger partial charge in [0.1, 0.15) is 11.9 Å². The molecule has 0 aliphatic rings. The van der Waals surface area contributed by atoms with Gasteiger partial charge in [-0.15, -0.1) is 15.3 Å². The van der Waals surface area contributed by atoms with Crippen molar-refractivity contribution < 1.29 is 9.90 Å². The van der Waals surface area contributed by atoms with Crippen LogP contribution < -0.4 is 5.32 Å². The lowest BCUT2D eigenvalue weighted by Gasteiger charge is -2.16. The average Bonchev–Trinajstić information content (AvgIpc) is 2.79. The first-order valence-electron chi connectivity index (χ1n) is 6.72. The van der Waals surface area contributed by atoms with Gasteiger partial charge in [-0.05, 0) is 24.5 Å². The molecule has 2 aromatic heterocycles. The molecule has 0 aliphatic heterocycles. The number of hydrogen-bond acceptors (Lipinski definition) is 5. The molecule has 0 saturated heterocycles. The van der Waals surface area contributed by atoms with Crippen LogP contribution in [-0.4, -0.2) is 36.9 Å². The van der Waals surface area contributed by atoms with E-state index in [0.29, 0.717) is 24.3 Å². The third-order valence-corrected chi connectivity index (χ3v) is 2.97. The molecule has 2 aromatic rings. The summed E-state index contributed by atoms with van der Waals surface area (Å²) in [6.45, 7) is 5.95. The predicted molar refractivity (Wildman–Crippen MR) is 74.7 cm³/mol. The van der Waals surface area contributed by atoms with Gasteiger partial charge in [0.25, 0.3) is 0 Å². The van der Waals surface area contributed by atoms with E-state index >= 15 is 0 Å². The zero-order valence-electron chi connectivity index (χ0n) is 11.9. The van der Waals surface area contributed by atoms with Crippen LogP contribution in [0.15, 0.2) is 12.1 Å². The van der Waals surface area contributed by atoms with Crippen LogP contribution in [0.5, 0.6) is 0 Å². The van der Waals surface area contributed by atoms with Crippen LogP contribution in [0.1, 0.15) is 33.0 Å². The van der Waals surface area contributed by atoms with Crippen molar-refractivity contribution in [2.75, 3.05) is 5.32 Å². The normalized spacial score (nSPS) is 12.8. The van der Waals surface area contributed by atoms with E-state index in [1.54, 1.807) is 16.6 Å². The highest BCUT2D eigenvalue weighted by molar-refractivity contribution is 5.76. The van der Waals surface area contributed by atoms with Crippen LogP contribution in [0.4, 0.5) is 5.82 Å². The van der Waals surface area contributed by atoms with Crippen molar-refractivity contribution in [2.24, 2.45) is 5.92 Å². The highest BCUT2D eigenvalue weighted by atomic mass is 16.4. The molecule has 0 saturated carbocycles. The number of carbonyl (C=O) groups is 1. The van der Waals surface area contributed by atoms with E-state index in [9.17, 15) is 9.90 Å². The fraction of sp³-hybridized carbons (Fsp3) is 0.538. The molecule has 0 fully saturated rings. The maximum Gasteiger partial charge on any atom is 0.326 e. The smallest absolute Gasteiger partial charge is 0.326 e. The number of carboxylic acid groups (broad SMARTS) is 1. The molecule has 0 bridgehead atoms. The van der Waals surface area contributed by atoms with E-state index in [1.807, 2.05) is 20.8 Å². The molecule has 0 amide bonds. The number of aryl methyl sites for hydroxylation is 1. The second kappa shape index (κ2) is 5.85. The first-order valence-corrected chi connectivity index (χ1v) is 6.72. The fourth-order valence-corrected chi connectivity index (χ4v) is 2.00. The van der Waals surface area contributed by atoms with Gasteiger partial charge < -0.3 is 10.4 Å². The lowest BCUT2D eigenvalue weighted by Crippen LogP contribution is -2.31. The Morgan fingerprint density at radius 2 is 2.15 bits per heavy atom. The highest BCUT2D eigenvalue weighted by Gasteiger charge is 2.19. The number of nitrogens with zero attached hydrogens (tertiary/aromatic N) is 4. The Balaban J connectivity index is 2.25. The van der Waals surface area contributed by atoms with Crippen LogP contribution in [0.3, 0.4) is 0 Å². The van der Waals surface area contributed by atoms with E-state index in [2.05, 4.69) is 20.6 Å². The maximum atomic E-state index is 11.3. The Morgan fingerprint density at radius 1 is 1.40 bits per heavy atom. The van der Waals surface area contributed by atoms with Gasteiger partial charge >= 0.3 is 5.97 Å². The molecular weight excluding hydrogens is 258 g/mol. The molecule has 7 heteroatoms. The molecule has 0 unspecified atom stereocenters. The van der Waals surface area contributed by atoms with Gasteiger partial charge in [-0.1, -0.05) is 20.8 Å². The summed E-state index contributed by atoms with van der Waals surface area (Å²) in [6, 6.07) is 2.84. The summed E-state index contributed by atoms with van der Waals surface area (Å²) in [6.07, 6.45) is 1.25. The highest BCUT2D eigenvalue weighted by Crippen LogP contribution is 2.13. The second-order valence-electron chi connectivity index (χ2n) is 5.12. The molecular formula is C13H19N5O2. The number of carboxylic acids is 1. The summed E-state index contributed by atoms with van der Waals surface area (Å²) in [5.41, 5.74) is 0.656. The number of rotatable bonds is 6. The molecule has 2 rings (SSSR count). The Hall–Kier alpha value is -2.18. The van der Waals surface area contributed by atoms with Crippen molar-refractivity contribution in [1.29, 1.82) is 0 Å². The molecule has 7 nitrogen and oxygen atoms in total. The van der Waals surface area contributed by atoms with E-state index in [0.717, 1.165) is 5.82 Å². The molecule has 2 N–H and O–H groups in total. The largest absolute Gasteiger partial charge is 0.480 e. The molecule has 1 atom stereocenters. The van der Waals surface area contributed by atoms with Gasteiger partial charge in [-0.3, -0.25) is 0 Å². The SMILES string of the molecule is CCc1nnc2ccc(N[C@@H](CC(C)C)C(=O)O)nn12. The fourth-order valence-electron chi connectivity index (χ4n) is 2.00. The van der Waals surface area contributed by atoms with Crippen molar-refractivity contribution in [3.05, 3.63) is 18.0 Å². The topological polar surface area (TPSA) is 92.4 Å². The Kier molecular flexibility index (Phi) is 4.16. The van der Waals surface area contributed by atoms with Gasteiger partial charge in [0, 0.05) is 6.42 Å². The van der Waals surface area contributed by atoms with Crippen molar-refractivity contribution in [3.8, 4) is 0 Å². The Labute approximate surface area is 117 Å². The molecule has 0 spiro atoms. The number of hydrogen-bond donors (Lipinski definition) is 2.